The molecule has 4 N–H and O–H groups in total. The number of carbonyl (C=O) groups excluding carboxylic acids is 2. The number of benzene rings is 2. The summed E-state index contributed by atoms with van der Waals surface area (Å²) in [6, 6.07) is 14.2. The van der Waals surface area contributed by atoms with E-state index in [1.807, 2.05) is 18.2 Å². The Morgan fingerprint density at radius 2 is 1.88 bits per heavy atom. The number of hydrogen-bond acceptors (Lipinski definition) is 5. The van der Waals surface area contributed by atoms with Gasteiger partial charge in [0.25, 0.3) is 5.91 Å². The van der Waals surface area contributed by atoms with Crippen LogP contribution in [0.5, 0.6) is 11.5 Å². The van der Waals surface area contributed by atoms with Gasteiger partial charge in [-0.1, -0.05) is 12.1 Å². The third kappa shape index (κ3) is 5.40. The Kier molecular flexibility index (Phi) is 7.18. The summed E-state index contributed by atoms with van der Waals surface area (Å²) < 4.78 is 19.1. The topological polar surface area (TPSA) is 106 Å². The SMILES string of the molecule is CNC(=O)c1cc(Oc2ccc3c(c2)CC(C(=O)Nc2cc(CN)cc(CF)c2)CC3)ccn1. The lowest BCUT2D eigenvalue weighted by molar-refractivity contribution is -0.120. The van der Waals surface area contributed by atoms with Crippen molar-refractivity contribution < 1.29 is 18.7 Å². The molecule has 0 aliphatic heterocycles. The zero-order valence-corrected chi connectivity index (χ0v) is 18.9. The molecule has 8 heteroatoms. The molecule has 1 unspecified atom stereocenters. The molecule has 1 heterocycles. The number of ether oxygens (including phenoxy) is 1. The number of anilines is 1. The minimum absolute atomic E-state index is 0.0969. The van der Waals surface area contributed by atoms with Crippen LogP contribution in [-0.4, -0.2) is 23.8 Å². The Hall–Kier alpha value is -3.78. The van der Waals surface area contributed by atoms with Crippen molar-refractivity contribution in [3.63, 3.8) is 0 Å². The molecule has 0 fully saturated rings. The Bertz CT molecular complexity index is 1190. The van der Waals surface area contributed by atoms with Gasteiger partial charge < -0.3 is 21.1 Å². The highest BCUT2D eigenvalue weighted by Crippen LogP contribution is 2.31. The van der Waals surface area contributed by atoms with Crippen molar-refractivity contribution in [2.45, 2.75) is 32.5 Å². The predicted molar refractivity (Wildman–Crippen MR) is 127 cm³/mol. The first kappa shape index (κ1) is 23.4. The summed E-state index contributed by atoms with van der Waals surface area (Å²) in [6.45, 7) is -0.337. The van der Waals surface area contributed by atoms with Crippen molar-refractivity contribution in [1.82, 2.24) is 10.3 Å². The second kappa shape index (κ2) is 10.4. The minimum atomic E-state index is -0.613. The standard InChI is InChI=1S/C26H27FN4O3/c1-29-26(33)24-13-23(6-7-30-24)34-22-5-4-18-2-3-19(11-20(18)12-22)25(32)31-21-9-16(14-27)8-17(10-21)15-28/h4-10,12-13,19H,2-3,11,14-15,28H2,1H3,(H,29,33)(H,31,32). The molecular formula is C26H27FN4O3. The van der Waals surface area contributed by atoms with Gasteiger partial charge in [0.15, 0.2) is 0 Å². The summed E-state index contributed by atoms with van der Waals surface area (Å²) in [5, 5.41) is 5.47. The van der Waals surface area contributed by atoms with E-state index in [9.17, 15) is 14.0 Å². The fraction of sp³-hybridized carbons (Fsp3) is 0.269. The number of nitrogens with two attached hydrogens (primary N) is 1. The van der Waals surface area contributed by atoms with Crippen molar-refractivity contribution >= 4 is 17.5 Å². The summed E-state index contributed by atoms with van der Waals surface area (Å²) in [5.74, 6) is 0.527. The number of pyridine rings is 1. The number of amides is 2. The lowest BCUT2D eigenvalue weighted by Gasteiger charge is -2.24. The van der Waals surface area contributed by atoms with Crippen LogP contribution in [0, 0.1) is 5.92 Å². The van der Waals surface area contributed by atoms with Crippen molar-refractivity contribution in [2.75, 3.05) is 12.4 Å². The van der Waals surface area contributed by atoms with E-state index in [1.165, 1.54) is 11.8 Å². The lowest BCUT2D eigenvalue weighted by atomic mass is 9.83. The summed E-state index contributed by atoms with van der Waals surface area (Å²) >= 11 is 0. The zero-order valence-electron chi connectivity index (χ0n) is 18.9. The van der Waals surface area contributed by atoms with E-state index >= 15 is 0 Å². The largest absolute Gasteiger partial charge is 0.457 e. The van der Waals surface area contributed by atoms with Crippen LogP contribution in [0.2, 0.25) is 0 Å². The summed E-state index contributed by atoms with van der Waals surface area (Å²) in [6.07, 6.45) is 3.60. The molecule has 0 saturated heterocycles. The van der Waals surface area contributed by atoms with Gasteiger partial charge in [-0.15, -0.1) is 0 Å². The van der Waals surface area contributed by atoms with E-state index in [-0.39, 0.29) is 30.0 Å². The summed E-state index contributed by atoms with van der Waals surface area (Å²) in [4.78, 5) is 28.8. The fourth-order valence-corrected chi connectivity index (χ4v) is 4.16. The maximum Gasteiger partial charge on any atom is 0.269 e. The number of alkyl halides is 1. The van der Waals surface area contributed by atoms with E-state index in [0.29, 0.717) is 29.2 Å². The van der Waals surface area contributed by atoms with Crippen LogP contribution in [0.15, 0.2) is 54.7 Å². The first-order chi connectivity index (χ1) is 16.5. The quantitative estimate of drug-likeness (QED) is 0.494. The van der Waals surface area contributed by atoms with Crippen molar-refractivity contribution in [3.05, 3.63) is 82.7 Å². The van der Waals surface area contributed by atoms with Crippen LogP contribution < -0.4 is 21.1 Å². The monoisotopic (exact) mass is 462 g/mol. The van der Waals surface area contributed by atoms with Crippen molar-refractivity contribution in [3.8, 4) is 11.5 Å². The molecule has 4 rings (SSSR count). The molecule has 0 saturated carbocycles. The number of aryl methyl sites for hydroxylation is 1. The number of fused-ring (bicyclic) bond motifs is 1. The second-order valence-corrected chi connectivity index (χ2v) is 8.29. The highest BCUT2D eigenvalue weighted by atomic mass is 19.1. The van der Waals surface area contributed by atoms with Crippen LogP contribution in [0.25, 0.3) is 0 Å². The van der Waals surface area contributed by atoms with E-state index in [0.717, 1.165) is 24.0 Å². The molecule has 1 atom stereocenters. The summed E-state index contributed by atoms with van der Waals surface area (Å²) in [7, 11) is 1.54. The third-order valence-corrected chi connectivity index (χ3v) is 5.91. The molecule has 176 valence electrons. The second-order valence-electron chi connectivity index (χ2n) is 8.29. The van der Waals surface area contributed by atoms with Gasteiger partial charge in [-0.3, -0.25) is 14.6 Å². The Morgan fingerprint density at radius 3 is 2.65 bits per heavy atom. The van der Waals surface area contributed by atoms with Gasteiger partial charge in [0, 0.05) is 37.5 Å². The highest BCUT2D eigenvalue weighted by molar-refractivity contribution is 5.93. The van der Waals surface area contributed by atoms with Crippen LogP contribution in [0.3, 0.4) is 0 Å². The van der Waals surface area contributed by atoms with Crippen LogP contribution >= 0.6 is 0 Å². The summed E-state index contributed by atoms with van der Waals surface area (Å²) in [5.41, 5.74) is 10.0. The van der Waals surface area contributed by atoms with Gasteiger partial charge in [-0.05, 0) is 71.8 Å². The number of hydrogen-bond donors (Lipinski definition) is 3. The Labute approximate surface area is 197 Å². The maximum absolute atomic E-state index is 13.2. The van der Waals surface area contributed by atoms with E-state index in [1.54, 1.807) is 37.4 Å². The first-order valence-corrected chi connectivity index (χ1v) is 11.2. The number of nitrogens with one attached hydrogen (secondary N) is 2. The number of aromatic nitrogens is 1. The zero-order chi connectivity index (χ0) is 24.1. The molecule has 1 aromatic heterocycles. The molecule has 2 aromatic carbocycles. The van der Waals surface area contributed by atoms with Crippen molar-refractivity contribution in [1.29, 1.82) is 0 Å². The van der Waals surface area contributed by atoms with Crippen LogP contribution in [0.4, 0.5) is 10.1 Å². The average Bonchev–Trinajstić information content (AvgIpc) is 2.87. The van der Waals surface area contributed by atoms with Crippen LogP contribution in [-0.2, 0) is 30.9 Å². The van der Waals surface area contributed by atoms with E-state index in [4.69, 9.17) is 10.5 Å². The molecule has 0 radical (unpaired) electrons. The molecule has 1 aliphatic rings. The van der Waals surface area contributed by atoms with E-state index < -0.39 is 6.67 Å². The molecule has 1 aliphatic carbocycles. The molecule has 34 heavy (non-hydrogen) atoms. The molecule has 2 amide bonds. The highest BCUT2D eigenvalue weighted by Gasteiger charge is 2.25. The molecule has 7 nitrogen and oxygen atoms in total. The normalized spacial score (nSPS) is 14.7. The maximum atomic E-state index is 13.2. The molecule has 3 aromatic rings. The molecule has 0 spiro atoms. The lowest BCUT2D eigenvalue weighted by Crippen LogP contribution is -2.28. The molecular weight excluding hydrogens is 435 g/mol. The van der Waals surface area contributed by atoms with E-state index in [2.05, 4.69) is 15.6 Å². The van der Waals surface area contributed by atoms with Crippen molar-refractivity contribution in [2.24, 2.45) is 11.7 Å². The molecule has 0 bridgehead atoms. The smallest absolute Gasteiger partial charge is 0.269 e. The number of halogens is 1. The van der Waals surface area contributed by atoms with Gasteiger partial charge in [-0.2, -0.15) is 0 Å². The van der Waals surface area contributed by atoms with Gasteiger partial charge in [0.2, 0.25) is 5.91 Å². The Balaban J connectivity index is 1.46. The minimum Gasteiger partial charge on any atom is -0.457 e. The number of rotatable bonds is 7. The predicted octanol–water partition coefficient (Wildman–Crippen LogP) is 3.91. The third-order valence-electron chi connectivity index (χ3n) is 5.91. The van der Waals surface area contributed by atoms with Gasteiger partial charge in [0.1, 0.15) is 23.9 Å². The first-order valence-electron chi connectivity index (χ1n) is 11.2. The van der Waals surface area contributed by atoms with Crippen LogP contribution in [0.1, 0.15) is 39.2 Å². The number of carbonyl (C=O) groups is 2. The average molecular weight is 463 g/mol. The Morgan fingerprint density at radius 1 is 1.09 bits per heavy atom. The number of nitrogens with zero attached hydrogens (tertiary/aromatic N) is 1. The van der Waals surface area contributed by atoms with Gasteiger partial charge in [-0.25, -0.2) is 4.39 Å². The van der Waals surface area contributed by atoms with Gasteiger partial charge in [0.05, 0.1) is 0 Å². The van der Waals surface area contributed by atoms with Gasteiger partial charge >= 0.3 is 0 Å². The fourth-order valence-electron chi connectivity index (χ4n) is 4.16.